The first-order valence-corrected chi connectivity index (χ1v) is 7.44. The standard InChI is InChI=1S/C17H14N4O2/c22-13-8-10-21-15-12(7-4-9-18-15)20-16(21)14(13)17(23)19-11-5-2-1-3-6-11/h1-7,9,14H,8,10H2,(H,19,23). The summed E-state index contributed by atoms with van der Waals surface area (Å²) in [5.74, 6) is -0.875. The van der Waals surface area contributed by atoms with Crippen LogP contribution in [-0.4, -0.2) is 26.2 Å². The minimum atomic E-state index is -0.891. The van der Waals surface area contributed by atoms with E-state index in [4.69, 9.17) is 0 Å². The number of amides is 1. The lowest BCUT2D eigenvalue weighted by molar-refractivity contribution is -0.128. The number of imidazole rings is 1. The van der Waals surface area contributed by atoms with Gasteiger partial charge in [0.05, 0.1) is 0 Å². The van der Waals surface area contributed by atoms with Crippen molar-refractivity contribution in [2.75, 3.05) is 5.32 Å². The first-order valence-electron chi connectivity index (χ1n) is 7.44. The summed E-state index contributed by atoms with van der Waals surface area (Å²) < 4.78 is 1.87. The fourth-order valence-corrected chi connectivity index (χ4v) is 2.93. The van der Waals surface area contributed by atoms with Crippen molar-refractivity contribution in [3.63, 3.8) is 0 Å². The van der Waals surface area contributed by atoms with Gasteiger partial charge in [0, 0.05) is 24.8 Å². The molecule has 1 aliphatic heterocycles. The first kappa shape index (κ1) is 13.6. The number of pyridine rings is 1. The number of anilines is 1. The summed E-state index contributed by atoms with van der Waals surface area (Å²) in [6, 6.07) is 12.7. The second-order valence-electron chi connectivity index (χ2n) is 5.47. The molecule has 3 heterocycles. The van der Waals surface area contributed by atoms with E-state index in [0.29, 0.717) is 35.6 Å². The number of fused-ring (bicyclic) bond motifs is 3. The summed E-state index contributed by atoms with van der Waals surface area (Å²) in [4.78, 5) is 33.7. The summed E-state index contributed by atoms with van der Waals surface area (Å²) in [6.45, 7) is 0.511. The van der Waals surface area contributed by atoms with Crippen molar-refractivity contribution in [1.82, 2.24) is 14.5 Å². The zero-order valence-corrected chi connectivity index (χ0v) is 12.3. The Hall–Kier alpha value is -3.02. The van der Waals surface area contributed by atoms with Gasteiger partial charge in [-0.3, -0.25) is 9.59 Å². The highest BCUT2D eigenvalue weighted by atomic mass is 16.2. The molecule has 4 rings (SSSR count). The number of hydrogen-bond donors (Lipinski definition) is 1. The second kappa shape index (κ2) is 5.31. The molecule has 0 saturated carbocycles. The highest BCUT2D eigenvalue weighted by Gasteiger charge is 2.36. The number of nitrogens with zero attached hydrogens (tertiary/aromatic N) is 3. The minimum absolute atomic E-state index is 0.110. The smallest absolute Gasteiger partial charge is 0.242 e. The Morgan fingerprint density at radius 2 is 2.00 bits per heavy atom. The molecule has 0 bridgehead atoms. The summed E-state index contributed by atoms with van der Waals surface area (Å²) in [5.41, 5.74) is 2.08. The monoisotopic (exact) mass is 306 g/mol. The summed E-state index contributed by atoms with van der Waals surface area (Å²) in [6.07, 6.45) is 1.99. The number of benzene rings is 1. The lowest BCUT2D eigenvalue weighted by Gasteiger charge is -2.21. The molecular formula is C17H14N4O2. The van der Waals surface area contributed by atoms with Crippen LogP contribution in [0.3, 0.4) is 0 Å². The molecule has 6 nitrogen and oxygen atoms in total. The van der Waals surface area contributed by atoms with Crippen LogP contribution in [0.1, 0.15) is 18.2 Å². The van der Waals surface area contributed by atoms with Gasteiger partial charge in [-0.1, -0.05) is 18.2 Å². The van der Waals surface area contributed by atoms with Gasteiger partial charge in [-0.25, -0.2) is 9.97 Å². The highest BCUT2D eigenvalue weighted by molar-refractivity contribution is 6.12. The van der Waals surface area contributed by atoms with Crippen molar-refractivity contribution in [3.05, 3.63) is 54.5 Å². The maximum atomic E-state index is 12.6. The van der Waals surface area contributed by atoms with E-state index in [-0.39, 0.29) is 11.7 Å². The molecule has 1 N–H and O–H groups in total. The number of Topliss-reactive ketones (excluding diaryl/α,β-unsaturated/α-hetero) is 1. The van der Waals surface area contributed by atoms with Gasteiger partial charge in [-0.2, -0.15) is 0 Å². The van der Waals surface area contributed by atoms with Crippen molar-refractivity contribution >= 4 is 28.5 Å². The number of para-hydroxylation sites is 1. The van der Waals surface area contributed by atoms with E-state index in [1.54, 1.807) is 24.4 Å². The Kier molecular flexibility index (Phi) is 3.15. The van der Waals surface area contributed by atoms with E-state index in [9.17, 15) is 9.59 Å². The van der Waals surface area contributed by atoms with Crippen molar-refractivity contribution in [1.29, 1.82) is 0 Å². The Bertz CT molecular complexity index is 901. The van der Waals surface area contributed by atoms with E-state index >= 15 is 0 Å². The van der Waals surface area contributed by atoms with Crippen LogP contribution in [0.5, 0.6) is 0 Å². The van der Waals surface area contributed by atoms with Crippen LogP contribution in [0.2, 0.25) is 0 Å². The molecular weight excluding hydrogens is 292 g/mol. The molecule has 6 heteroatoms. The van der Waals surface area contributed by atoms with Crippen molar-refractivity contribution < 1.29 is 9.59 Å². The number of ketones is 1. The predicted molar refractivity (Wildman–Crippen MR) is 85.0 cm³/mol. The lowest BCUT2D eigenvalue weighted by atomic mass is 9.96. The molecule has 1 atom stereocenters. The molecule has 114 valence electrons. The average molecular weight is 306 g/mol. The molecule has 0 aliphatic carbocycles. The lowest BCUT2D eigenvalue weighted by Crippen LogP contribution is -2.34. The first-order chi connectivity index (χ1) is 11.2. The predicted octanol–water partition coefficient (Wildman–Crippen LogP) is 2.13. The zero-order chi connectivity index (χ0) is 15.8. The molecule has 0 saturated heterocycles. The number of nitrogens with one attached hydrogen (secondary N) is 1. The third kappa shape index (κ3) is 2.28. The summed E-state index contributed by atoms with van der Waals surface area (Å²) >= 11 is 0. The molecule has 0 radical (unpaired) electrons. The number of hydrogen-bond acceptors (Lipinski definition) is 4. The minimum Gasteiger partial charge on any atom is -0.325 e. The molecule has 0 spiro atoms. The van der Waals surface area contributed by atoms with Crippen LogP contribution in [0.25, 0.3) is 11.2 Å². The van der Waals surface area contributed by atoms with Crippen LogP contribution < -0.4 is 5.32 Å². The Morgan fingerprint density at radius 1 is 1.17 bits per heavy atom. The maximum Gasteiger partial charge on any atom is 0.242 e. The maximum absolute atomic E-state index is 12.6. The van der Waals surface area contributed by atoms with Gasteiger partial charge in [0.15, 0.2) is 17.3 Å². The fourth-order valence-electron chi connectivity index (χ4n) is 2.93. The van der Waals surface area contributed by atoms with E-state index in [1.807, 2.05) is 28.8 Å². The number of rotatable bonds is 2. The molecule has 1 amide bonds. The number of carbonyl (C=O) groups excluding carboxylic acids is 2. The molecule has 2 aromatic heterocycles. The van der Waals surface area contributed by atoms with Crippen molar-refractivity contribution in [3.8, 4) is 0 Å². The number of aromatic nitrogens is 3. The highest BCUT2D eigenvalue weighted by Crippen LogP contribution is 2.28. The molecule has 1 aromatic carbocycles. The zero-order valence-electron chi connectivity index (χ0n) is 12.3. The Balaban J connectivity index is 1.74. The number of carbonyl (C=O) groups is 2. The SMILES string of the molecule is O=C1CCn2c(nc3cccnc32)C1C(=O)Nc1ccccc1. The summed E-state index contributed by atoms with van der Waals surface area (Å²) in [7, 11) is 0. The third-order valence-electron chi connectivity index (χ3n) is 4.00. The van der Waals surface area contributed by atoms with Gasteiger partial charge < -0.3 is 9.88 Å². The van der Waals surface area contributed by atoms with Gasteiger partial charge in [-0.05, 0) is 24.3 Å². The third-order valence-corrected chi connectivity index (χ3v) is 4.00. The number of aryl methyl sites for hydroxylation is 1. The van der Waals surface area contributed by atoms with E-state index in [2.05, 4.69) is 15.3 Å². The van der Waals surface area contributed by atoms with Crippen molar-refractivity contribution in [2.24, 2.45) is 0 Å². The van der Waals surface area contributed by atoms with Crippen LogP contribution in [0, 0.1) is 0 Å². The quantitative estimate of drug-likeness (QED) is 0.736. The molecule has 0 fully saturated rings. The van der Waals surface area contributed by atoms with E-state index < -0.39 is 5.92 Å². The van der Waals surface area contributed by atoms with Crippen LogP contribution in [-0.2, 0) is 16.1 Å². The van der Waals surface area contributed by atoms with Crippen LogP contribution in [0.4, 0.5) is 5.69 Å². The normalized spacial score (nSPS) is 17.0. The molecule has 23 heavy (non-hydrogen) atoms. The largest absolute Gasteiger partial charge is 0.325 e. The second-order valence-corrected chi connectivity index (χ2v) is 5.47. The topological polar surface area (TPSA) is 76.9 Å². The van der Waals surface area contributed by atoms with E-state index in [1.165, 1.54) is 0 Å². The van der Waals surface area contributed by atoms with Gasteiger partial charge in [0.1, 0.15) is 11.3 Å². The Labute approximate surface area is 132 Å². The summed E-state index contributed by atoms with van der Waals surface area (Å²) in [5, 5.41) is 2.79. The van der Waals surface area contributed by atoms with Gasteiger partial charge >= 0.3 is 0 Å². The molecule has 3 aromatic rings. The van der Waals surface area contributed by atoms with Gasteiger partial charge in [0.2, 0.25) is 5.91 Å². The van der Waals surface area contributed by atoms with Crippen LogP contribution in [0.15, 0.2) is 48.7 Å². The van der Waals surface area contributed by atoms with Gasteiger partial charge in [0.25, 0.3) is 0 Å². The fraction of sp³-hybridized carbons (Fsp3) is 0.176. The molecule has 1 unspecified atom stereocenters. The van der Waals surface area contributed by atoms with Gasteiger partial charge in [-0.15, -0.1) is 0 Å². The molecule has 1 aliphatic rings. The van der Waals surface area contributed by atoms with Crippen molar-refractivity contribution in [2.45, 2.75) is 18.9 Å². The van der Waals surface area contributed by atoms with E-state index in [0.717, 1.165) is 0 Å². The Morgan fingerprint density at radius 3 is 2.83 bits per heavy atom. The van der Waals surface area contributed by atoms with Crippen LogP contribution >= 0.6 is 0 Å². The average Bonchev–Trinajstić information content (AvgIpc) is 2.93.